The van der Waals surface area contributed by atoms with E-state index in [4.69, 9.17) is 0 Å². The summed E-state index contributed by atoms with van der Waals surface area (Å²) in [7, 11) is 1.83. The Hall–Kier alpha value is -1.20. The Labute approximate surface area is 155 Å². The third-order valence-corrected chi connectivity index (χ3v) is 6.97. The maximum Gasteiger partial charge on any atom is 0.138 e. The fourth-order valence-corrected chi connectivity index (χ4v) is 5.03. The van der Waals surface area contributed by atoms with Crippen molar-refractivity contribution in [1.29, 1.82) is 0 Å². The average molecular weight is 351 g/mol. The second kappa shape index (κ2) is 6.20. The lowest BCUT2D eigenvalue weighted by molar-refractivity contribution is 0.416. The summed E-state index contributed by atoms with van der Waals surface area (Å²) in [5.41, 5.74) is 10.3. The molecule has 0 heterocycles. The van der Waals surface area contributed by atoms with E-state index in [-0.39, 0.29) is 5.41 Å². The number of hydrogen-bond donors (Lipinski definition) is 0. The van der Waals surface area contributed by atoms with Crippen LogP contribution in [-0.2, 0) is 5.41 Å². The largest absolute Gasteiger partial charge is 0.371 e. The van der Waals surface area contributed by atoms with Crippen molar-refractivity contribution in [3.63, 3.8) is 0 Å². The molecule has 0 aromatic heterocycles. The molecule has 2 heteroatoms. The molecule has 3 aliphatic carbocycles. The molecule has 0 bridgehead atoms. The van der Waals surface area contributed by atoms with Gasteiger partial charge in [0.25, 0.3) is 0 Å². The highest BCUT2D eigenvalue weighted by Crippen LogP contribution is 2.53. The number of fused-ring (bicyclic) bond motifs is 1. The van der Waals surface area contributed by atoms with Crippen molar-refractivity contribution in [2.24, 2.45) is 0 Å². The highest BCUT2D eigenvalue weighted by molar-refractivity contribution is 6.64. The molecule has 0 saturated heterocycles. The van der Waals surface area contributed by atoms with Crippen LogP contribution in [0.4, 0.5) is 5.69 Å². The Bertz CT molecular complexity index is 728. The Kier molecular flexibility index (Phi) is 4.27. The van der Waals surface area contributed by atoms with E-state index in [1.54, 1.807) is 16.7 Å². The van der Waals surface area contributed by atoms with Crippen LogP contribution in [0.25, 0.3) is 0 Å². The van der Waals surface area contributed by atoms with Crippen molar-refractivity contribution in [1.82, 2.24) is 0 Å². The zero-order valence-corrected chi connectivity index (χ0v) is 17.6. The maximum absolute atomic E-state index is 3.73. The normalized spacial score (nSPS) is 24.5. The molecule has 0 spiro atoms. The molecule has 0 N–H and O–H groups in total. The second-order valence-electron chi connectivity index (χ2n) is 9.32. The average Bonchev–Trinajstić information content (AvgIpc) is 3.45. The van der Waals surface area contributed by atoms with E-state index in [0.29, 0.717) is 5.92 Å². The summed E-state index contributed by atoms with van der Waals surface area (Å²) in [6, 6.07) is 5.67. The first-order valence-corrected chi connectivity index (χ1v) is 12.6. The fraction of sp³-hybridized carbons (Fsp3) is 0.652. The quantitative estimate of drug-likeness (QED) is 0.505. The summed E-state index contributed by atoms with van der Waals surface area (Å²) in [6.07, 6.45) is 7.96. The van der Waals surface area contributed by atoms with Crippen LogP contribution in [0.1, 0.15) is 80.9 Å². The molecule has 4 rings (SSSR count). The van der Waals surface area contributed by atoms with Crippen molar-refractivity contribution in [2.75, 3.05) is 11.9 Å². The van der Waals surface area contributed by atoms with Crippen molar-refractivity contribution in [3.8, 4) is 11.5 Å². The van der Waals surface area contributed by atoms with Gasteiger partial charge in [0.15, 0.2) is 0 Å². The van der Waals surface area contributed by atoms with E-state index in [0.717, 1.165) is 12.0 Å². The van der Waals surface area contributed by atoms with Gasteiger partial charge in [0, 0.05) is 24.7 Å². The first kappa shape index (κ1) is 17.2. The molecule has 25 heavy (non-hydrogen) atoms. The molecule has 1 aromatic carbocycles. The molecule has 1 radical (unpaired) electrons. The molecule has 1 nitrogen and oxygen atoms in total. The summed E-state index contributed by atoms with van der Waals surface area (Å²) in [5.74, 6) is 5.00. The van der Waals surface area contributed by atoms with E-state index in [9.17, 15) is 0 Å². The van der Waals surface area contributed by atoms with E-state index < -0.39 is 8.80 Å². The highest BCUT2D eigenvalue weighted by Gasteiger charge is 2.40. The number of anilines is 1. The first-order valence-electron chi connectivity index (χ1n) is 10.1. The summed E-state index contributed by atoms with van der Waals surface area (Å²) in [6.45, 7) is 9.55. The van der Waals surface area contributed by atoms with E-state index in [1.165, 1.54) is 44.2 Å². The minimum atomic E-state index is -0.481. The Morgan fingerprint density at radius 1 is 1.08 bits per heavy atom. The summed E-state index contributed by atoms with van der Waals surface area (Å²) < 4.78 is 0. The molecule has 3 aliphatic rings. The standard InChI is InChI=1S/C23H32NSi/c1-23(2)14-12-17(13-15-25(4)5)21-19(16-6-7-16)10-11-20(22(21)23)24(3)18-8-9-18/h10-11,16-18H,6-9,12,14H2,1-5H3. The molecule has 1 unspecified atom stereocenters. The predicted octanol–water partition coefficient (Wildman–Crippen LogP) is 5.61. The van der Waals surface area contributed by atoms with Crippen LogP contribution in [0.5, 0.6) is 0 Å². The zero-order chi connectivity index (χ0) is 17.8. The first-order chi connectivity index (χ1) is 11.9. The van der Waals surface area contributed by atoms with Crippen LogP contribution in [-0.4, -0.2) is 21.9 Å². The maximum atomic E-state index is 3.73. The minimum absolute atomic E-state index is 0.267. The monoisotopic (exact) mass is 350 g/mol. The molecular formula is C23H32NSi. The Balaban J connectivity index is 1.88. The zero-order valence-electron chi connectivity index (χ0n) is 16.6. The molecule has 1 aromatic rings. The lowest BCUT2D eigenvalue weighted by atomic mass is 9.66. The molecule has 1 atom stereocenters. The van der Waals surface area contributed by atoms with Gasteiger partial charge in [-0.1, -0.05) is 33.0 Å². The molecular weight excluding hydrogens is 318 g/mol. The van der Waals surface area contributed by atoms with Crippen molar-refractivity contribution in [2.45, 2.75) is 88.8 Å². The number of rotatable bonds is 3. The van der Waals surface area contributed by atoms with Crippen molar-refractivity contribution < 1.29 is 0 Å². The van der Waals surface area contributed by atoms with Gasteiger partial charge in [0.2, 0.25) is 0 Å². The topological polar surface area (TPSA) is 3.24 Å². The van der Waals surface area contributed by atoms with Gasteiger partial charge in [-0.05, 0) is 72.6 Å². The summed E-state index contributed by atoms with van der Waals surface area (Å²) in [4.78, 5) is 2.57. The van der Waals surface area contributed by atoms with Crippen LogP contribution in [0.15, 0.2) is 12.1 Å². The SMILES string of the molecule is CN(c1ccc(C2CC2)c2c1C(C)(C)CCC2C#C[Si](C)C)C1CC1. The van der Waals surface area contributed by atoms with Gasteiger partial charge >= 0.3 is 0 Å². The van der Waals surface area contributed by atoms with Gasteiger partial charge in [0.1, 0.15) is 8.80 Å². The van der Waals surface area contributed by atoms with Crippen LogP contribution in [0.2, 0.25) is 13.1 Å². The Morgan fingerprint density at radius 3 is 2.40 bits per heavy atom. The van der Waals surface area contributed by atoms with E-state index in [1.807, 2.05) is 0 Å². The van der Waals surface area contributed by atoms with Gasteiger partial charge in [-0.2, -0.15) is 0 Å². The second-order valence-corrected chi connectivity index (χ2v) is 11.6. The Morgan fingerprint density at radius 2 is 1.80 bits per heavy atom. The van der Waals surface area contributed by atoms with Gasteiger partial charge in [-0.15, -0.1) is 11.5 Å². The molecule has 2 saturated carbocycles. The lowest BCUT2D eigenvalue weighted by Gasteiger charge is -2.40. The highest BCUT2D eigenvalue weighted by atomic mass is 28.3. The molecule has 0 aliphatic heterocycles. The molecule has 2 fully saturated rings. The van der Waals surface area contributed by atoms with E-state index in [2.05, 4.69) is 62.5 Å². The van der Waals surface area contributed by atoms with Crippen LogP contribution in [0, 0.1) is 11.5 Å². The summed E-state index contributed by atoms with van der Waals surface area (Å²) in [5, 5.41) is 0. The fourth-order valence-electron chi connectivity index (χ4n) is 4.56. The molecule has 133 valence electrons. The summed E-state index contributed by atoms with van der Waals surface area (Å²) >= 11 is 0. The van der Waals surface area contributed by atoms with Gasteiger partial charge < -0.3 is 4.90 Å². The third-order valence-electron chi connectivity index (χ3n) is 6.33. The van der Waals surface area contributed by atoms with Gasteiger partial charge in [-0.3, -0.25) is 0 Å². The molecule has 0 amide bonds. The number of nitrogens with zero attached hydrogens (tertiary/aromatic N) is 1. The third kappa shape index (κ3) is 3.28. The van der Waals surface area contributed by atoms with Crippen LogP contribution < -0.4 is 4.90 Å². The van der Waals surface area contributed by atoms with Crippen LogP contribution in [0.3, 0.4) is 0 Å². The lowest BCUT2D eigenvalue weighted by Crippen LogP contribution is -2.32. The number of hydrogen-bond acceptors (Lipinski definition) is 1. The van der Waals surface area contributed by atoms with Crippen LogP contribution >= 0.6 is 0 Å². The van der Waals surface area contributed by atoms with E-state index >= 15 is 0 Å². The van der Waals surface area contributed by atoms with Gasteiger partial charge in [0.05, 0.1) is 0 Å². The van der Waals surface area contributed by atoms with Crippen molar-refractivity contribution >= 4 is 14.5 Å². The number of benzene rings is 1. The smallest absolute Gasteiger partial charge is 0.138 e. The van der Waals surface area contributed by atoms with Gasteiger partial charge in [-0.25, -0.2) is 0 Å². The minimum Gasteiger partial charge on any atom is -0.371 e. The predicted molar refractivity (Wildman–Crippen MR) is 110 cm³/mol. The van der Waals surface area contributed by atoms with Crippen molar-refractivity contribution in [3.05, 3.63) is 28.8 Å².